The zero-order valence-corrected chi connectivity index (χ0v) is 17.8. The molecule has 25 heavy (non-hydrogen) atoms. The molecule has 0 aliphatic rings. The van der Waals surface area contributed by atoms with Crippen molar-refractivity contribution < 1.29 is 75.3 Å². The third-order valence-electron chi connectivity index (χ3n) is 3.80. The van der Waals surface area contributed by atoms with Gasteiger partial charge in [0.1, 0.15) is 0 Å². The largest absolute Gasteiger partial charge is 1.00 e. The summed E-state index contributed by atoms with van der Waals surface area (Å²) in [6, 6.07) is 0. The minimum atomic E-state index is -4.88. The first-order valence-corrected chi connectivity index (χ1v) is 10.2. The monoisotopic (exact) mass is 412 g/mol. The number of rotatable bonds is 11. The summed E-state index contributed by atoms with van der Waals surface area (Å²) in [5.74, 6) is -10.4. The quantitative estimate of drug-likeness (QED) is 0.231. The third kappa shape index (κ3) is 11.2. The van der Waals surface area contributed by atoms with E-state index in [1.807, 2.05) is 0 Å². The molecule has 4 atom stereocenters. The Bertz CT molecular complexity index is 657. The van der Waals surface area contributed by atoms with Crippen molar-refractivity contribution in [3.8, 4) is 0 Å². The van der Waals surface area contributed by atoms with E-state index >= 15 is 0 Å². The van der Waals surface area contributed by atoms with E-state index in [1.165, 1.54) is 6.92 Å². The van der Waals surface area contributed by atoms with Gasteiger partial charge in [-0.25, -0.2) is 8.42 Å². The van der Waals surface area contributed by atoms with Crippen molar-refractivity contribution in [2.75, 3.05) is 11.5 Å². The normalized spacial score (nSPS) is 17.0. The molecule has 0 rings (SSSR count). The molecule has 0 bridgehead atoms. The molecular weight excluding hydrogens is 391 g/mol. The minimum absolute atomic E-state index is 0. The predicted octanol–water partition coefficient (Wildman–Crippen LogP) is -3.12. The summed E-state index contributed by atoms with van der Waals surface area (Å²) in [5, 5.41) is 18.2. The number of aliphatic carboxylic acids is 2. The van der Waals surface area contributed by atoms with E-state index in [-0.39, 0.29) is 42.4 Å². The summed E-state index contributed by atoms with van der Waals surface area (Å²) in [6.45, 7) is 2.60. The van der Waals surface area contributed by atoms with Gasteiger partial charge in [-0.3, -0.25) is 14.1 Å². The predicted molar refractivity (Wildman–Crippen MR) is 80.8 cm³/mol. The van der Waals surface area contributed by atoms with Gasteiger partial charge >= 0.3 is 41.5 Å². The van der Waals surface area contributed by atoms with Gasteiger partial charge in [0.15, 0.2) is 0 Å². The van der Waals surface area contributed by atoms with E-state index in [1.54, 1.807) is 0 Å². The van der Waals surface area contributed by atoms with Crippen LogP contribution in [0.1, 0.15) is 26.7 Å². The summed E-state index contributed by atoms with van der Waals surface area (Å²) < 4.78 is 64.0. The molecule has 0 radical (unpaired) electrons. The topological polar surface area (TPSA) is 186 Å². The second kappa shape index (κ2) is 10.8. The third-order valence-corrected chi connectivity index (χ3v) is 5.53. The maximum Gasteiger partial charge on any atom is 1.00 e. The molecule has 142 valence electrons. The molecule has 0 aromatic heterocycles. The van der Waals surface area contributed by atoms with Gasteiger partial charge in [-0.05, 0) is 18.3 Å². The first-order valence-electron chi connectivity index (χ1n) is 7.02. The molecule has 0 aliphatic heterocycles. The van der Waals surface area contributed by atoms with E-state index in [9.17, 15) is 36.1 Å². The Kier molecular flexibility index (Phi) is 11.7. The SMILES string of the molecule is CCC(CC(CS(=O)(=O)[O-])C(C(=O)O)C(C)C(=O)O)CS(=O)(=O)O.[Na+]. The second-order valence-electron chi connectivity index (χ2n) is 5.73. The van der Waals surface area contributed by atoms with Crippen molar-refractivity contribution >= 4 is 32.2 Å². The fourth-order valence-electron chi connectivity index (χ4n) is 2.64. The number of hydrogen-bond donors (Lipinski definition) is 3. The molecule has 4 unspecified atom stereocenters. The maximum absolute atomic E-state index is 11.4. The zero-order valence-electron chi connectivity index (χ0n) is 14.2. The van der Waals surface area contributed by atoms with Gasteiger partial charge < -0.3 is 14.8 Å². The first-order chi connectivity index (χ1) is 10.7. The molecule has 0 spiro atoms. The van der Waals surface area contributed by atoms with Gasteiger partial charge in [0.2, 0.25) is 0 Å². The van der Waals surface area contributed by atoms with Crippen molar-refractivity contribution in [3.05, 3.63) is 0 Å². The Morgan fingerprint density at radius 3 is 1.80 bits per heavy atom. The second-order valence-corrected chi connectivity index (χ2v) is 8.68. The summed E-state index contributed by atoms with van der Waals surface area (Å²) >= 11 is 0. The number of carboxylic acids is 2. The Morgan fingerprint density at radius 2 is 1.52 bits per heavy atom. The van der Waals surface area contributed by atoms with Crippen molar-refractivity contribution in [2.45, 2.75) is 26.7 Å². The van der Waals surface area contributed by atoms with Crippen LogP contribution in [0.4, 0.5) is 0 Å². The van der Waals surface area contributed by atoms with Crippen LogP contribution in [0.25, 0.3) is 0 Å². The average Bonchev–Trinajstić information content (AvgIpc) is 2.33. The van der Waals surface area contributed by atoms with Gasteiger partial charge in [0, 0.05) is 5.75 Å². The summed E-state index contributed by atoms with van der Waals surface area (Å²) in [4.78, 5) is 22.5. The Balaban J connectivity index is 0. The van der Waals surface area contributed by atoms with Crippen LogP contribution < -0.4 is 29.6 Å². The summed E-state index contributed by atoms with van der Waals surface area (Å²) in [6.07, 6.45) is -0.185. The fraction of sp³-hybridized carbons (Fsp3) is 0.833. The zero-order chi connectivity index (χ0) is 19.3. The van der Waals surface area contributed by atoms with Gasteiger partial charge in [-0.15, -0.1) is 0 Å². The van der Waals surface area contributed by atoms with E-state index in [4.69, 9.17) is 9.66 Å². The van der Waals surface area contributed by atoms with Gasteiger partial charge in [0.05, 0.1) is 27.7 Å². The fourth-order valence-corrected chi connectivity index (χ4v) is 4.47. The number of hydrogen-bond acceptors (Lipinski definition) is 7. The Labute approximate surface area is 168 Å². The standard InChI is InChI=1S/C12H22O10S2.Na/c1-3-8(5-23(17,18)19)4-9(6-24(20,21)22)10(12(15)16)7(2)11(13)14;/h7-10H,3-6H2,1-2H3,(H,13,14)(H,15,16)(H,17,18,19)(H,20,21,22);/q;+1/p-1. The van der Waals surface area contributed by atoms with Crippen molar-refractivity contribution in [3.63, 3.8) is 0 Å². The van der Waals surface area contributed by atoms with Crippen LogP contribution in [-0.4, -0.2) is 59.6 Å². The molecule has 0 aliphatic carbocycles. The molecule has 0 aromatic carbocycles. The van der Waals surface area contributed by atoms with E-state index in [2.05, 4.69) is 0 Å². The van der Waals surface area contributed by atoms with Crippen LogP contribution in [0.3, 0.4) is 0 Å². The number of carboxylic acid groups (broad SMARTS) is 2. The van der Waals surface area contributed by atoms with Crippen molar-refractivity contribution in [1.29, 1.82) is 0 Å². The number of carbonyl (C=O) groups is 2. The van der Waals surface area contributed by atoms with Crippen LogP contribution in [-0.2, 0) is 29.8 Å². The first kappa shape index (κ1) is 27.0. The average molecular weight is 412 g/mol. The smallest absolute Gasteiger partial charge is 0.748 e. The van der Waals surface area contributed by atoms with E-state index in [0.717, 1.165) is 6.92 Å². The molecule has 0 amide bonds. The van der Waals surface area contributed by atoms with Gasteiger partial charge in [-0.2, -0.15) is 8.42 Å². The molecule has 3 N–H and O–H groups in total. The van der Waals surface area contributed by atoms with Crippen LogP contribution in [0.15, 0.2) is 0 Å². The molecule has 0 aromatic rings. The summed E-state index contributed by atoms with van der Waals surface area (Å²) in [5.41, 5.74) is 0. The van der Waals surface area contributed by atoms with Gasteiger partial charge in [-0.1, -0.05) is 20.3 Å². The van der Waals surface area contributed by atoms with Crippen LogP contribution in [0.5, 0.6) is 0 Å². The summed E-state index contributed by atoms with van der Waals surface area (Å²) in [7, 11) is -9.28. The Morgan fingerprint density at radius 1 is 1.04 bits per heavy atom. The van der Waals surface area contributed by atoms with E-state index < -0.39 is 67.4 Å². The molecular formula is C12H21NaO10S2. The van der Waals surface area contributed by atoms with E-state index in [0.29, 0.717) is 0 Å². The molecule has 10 nitrogen and oxygen atoms in total. The van der Waals surface area contributed by atoms with Crippen LogP contribution in [0.2, 0.25) is 0 Å². The van der Waals surface area contributed by atoms with Crippen molar-refractivity contribution in [2.24, 2.45) is 23.7 Å². The molecule has 0 fully saturated rings. The van der Waals surface area contributed by atoms with Crippen molar-refractivity contribution in [1.82, 2.24) is 0 Å². The van der Waals surface area contributed by atoms with Crippen LogP contribution >= 0.6 is 0 Å². The van der Waals surface area contributed by atoms with Gasteiger partial charge in [0.25, 0.3) is 10.1 Å². The Hall–Kier alpha value is -0.240. The molecule has 0 saturated carbocycles. The minimum Gasteiger partial charge on any atom is -0.748 e. The van der Waals surface area contributed by atoms with Crippen LogP contribution in [0, 0.1) is 23.7 Å². The molecule has 0 saturated heterocycles. The molecule has 0 heterocycles. The maximum atomic E-state index is 11.4. The molecule has 13 heteroatoms.